The van der Waals surface area contributed by atoms with E-state index in [1.165, 1.54) is 6.07 Å². The van der Waals surface area contributed by atoms with Crippen molar-refractivity contribution in [1.29, 1.82) is 0 Å². The number of hydrogen-bond acceptors (Lipinski definition) is 4. The molecule has 0 aliphatic heterocycles. The maximum absolute atomic E-state index is 10.6. The van der Waals surface area contributed by atoms with Crippen molar-refractivity contribution >= 4 is 46.3 Å². The van der Waals surface area contributed by atoms with Gasteiger partial charge in [-0.1, -0.05) is 40.9 Å². The molecule has 0 fully saturated rings. The quantitative estimate of drug-likeness (QED) is 0.634. The number of hydrogen-bond donors (Lipinski definition) is 1. The summed E-state index contributed by atoms with van der Waals surface area (Å²) in [5.74, 6) is 0.396. The average molecular weight is 347 g/mol. The Balaban J connectivity index is 1.99. The number of nitrogens with one attached hydrogen (secondary N) is 1. The molecule has 0 unspecified atom stereocenters. The molecule has 2 aromatic rings. The average Bonchev–Trinajstić information content (AvgIpc) is 2.42. The van der Waals surface area contributed by atoms with Crippen LogP contribution in [0.5, 0.6) is 0 Å². The minimum Gasteiger partial charge on any atom is -0.368 e. The summed E-state index contributed by atoms with van der Waals surface area (Å²) >= 11 is 17.8. The summed E-state index contributed by atoms with van der Waals surface area (Å²) in [6.07, 6.45) is 1.80. The van der Waals surface area contributed by atoms with Gasteiger partial charge in [0.05, 0.1) is 9.95 Å². The summed E-state index contributed by atoms with van der Waals surface area (Å²) in [4.78, 5) is 14.0. The molecule has 0 saturated heterocycles. The highest BCUT2D eigenvalue weighted by atomic mass is 35.5. The number of pyridine rings is 1. The zero-order valence-electron chi connectivity index (χ0n) is 10.6. The van der Waals surface area contributed by atoms with Crippen LogP contribution in [0.25, 0.3) is 0 Å². The third-order valence-electron chi connectivity index (χ3n) is 2.74. The topological polar surface area (TPSA) is 68.1 Å². The van der Waals surface area contributed by atoms with Crippen molar-refractivity contribution in [2.24, 2.45) is 0 Å². The lowest BCUT2D eigenvalue weighted by Crippen LogP contribution is -2.07. The number of nitro groups is 1. The summed E-state index contributed by atoms with van der Waals surface area (Å²) in [5.41, 5.74) is 0.790. The Morgan fingerprint density at radius 1 is 1.19 bits per heavy atom. The Labute approximate surface area is 136 Å². The summed E-state index contributed by atoms with van der Waals surface area (Å²) in [6.45, 7) is 0.534. The van der Waals surface area contributed by atoms with Crippen molar-refractivity contribution in [3.8, 4) is 0 Å². The zero-order valence-corrected chi connectivity index (χ0v) is 12.9. The van der Waals surface area contributed by atoms with Crippen LogP contribution in [0, 0.1) is 10.1 Å². The number of nitrogens with zero attached hydrogens (tertiary/aromatic N) is 2. The Kier molecular flexibility index (Phi) is 5.22. The highest BCUT2D eigenvalue weighted by Gasteiger charge is 2.10. The second kappa shape index (κ2) is 6.93. The predicted molar refractivity (Wildman–Crippen MR) is 84.6 cm³/mol. The zero-order chi connectivity index (χ0) is 15.4. The Morgan fingerprint density at radius 2 is 1.95 bits per heavy atom. The van der Waals surface area contributed by atoms with Crippen LogP contribution in [0.15, 0.2) is 30.5 Å². The molecule has 0 amide bonds. The fourth-order valence-electron chi connectivity index (χ4n) is 1.70. The van der Waals surface area contributed by atoms with Crippen molar-refractivity contribution in [1.82, 2.24) is 4.98 Å². The standard InChI is InChI=1S/C13H10Cl3N3O2/c14-9-2-1-8(11(15)5-9)3-4-17-13-12(16)6-10(7-18-13)19(20)21/h1-2,5-7H,3-4H2,(H,17,18). The summed E-state index contributed by atoms with van der Waals surface area (Å²) in [5, 5.41) is 15.0. The molecule has 1 heterocycles. The molecule has 21 heavy (non-hydrogen) atoms. The van der Waals surface area contributed by atoms with E-state index in [2.05, 4.69) is 10.3 Å². The van der Waals surface area contributed by atoms with Gasteiger partial charge in [-0.15, -0.1) is 0 Å². The van der Waals surface area contributed by atoms with Gasteiger partial charge < -0.3 is 5.32 Å². The van der Waals surface area contributed by atoms with Crippen LogP contribution in [0.4, 0.5) is 11.5 Å². The molecule has 1 N–H and O–H groups in total. The fraction of sp³-hybridized carbons (Fsp3) is 0.154. The normalized spacial score (nSPS) is 10.4. The molecular formula is C13H10Cl3N3O2. The van der Waals surface area contributed by atoms with Crippen molar-refractivity contribution in [2.45, 2.75) is 6.42 Å². The monoisotopic (exact) mass is 345 g/mol. The van der Waals surface area contributed by atoms with Gasteiger partial charge >= 0.3 is 0 Å². The van der Waals surface area contributed by atoms with Gasteiger partial charge in [-0.3, -0.25) is 10.1 Å². The van der Waals surface area contributed by atoms with E-state index >= 15 is 0 Å². The minimum absolute atomic E-state index is 0.147. The number of rotatable bonds is 5. The van der Waals surface area contributed by atoms with Gasteiger partial charge in [0, 0.05) is 22.7 Å². The smallest absolute Gasteiger partial charge is 0.289 e. The van der Waals surface area contributed by atoms with Gasteiger partial charge in [-0.25, -0.2) is 4.98 Å². The minimum atomic E-state index is -0.545. The van der Waals surface area contributed by atoms with Crippen LogP contribution in [-0.4, -0.2) is 16.5 Å². The molecular weight excluding hydrogens is 337 g/mol. The predicted octanol–water partition coefficient (Wildman–Crippen LogP) is 4.60. The number of anilines is 1. The molecule has 5 nitrogen and oxygen atoms in total. The van der Waals surface area contributed by atoms with Crippen molar-refractivity contribution in [3.63, 3.8) is 0 Å². The van der Waals surface area contributed by atoms with Crippen molar-refractivity contribution in [2.75, 3.05) is 11.9 Å². The number of halogens is 3. The summed E-state index contributed by atoms with van der Waals surface area (Å²) in [6, 6.07) is 6.54. The lowest BCUT2D eigenvalue weighted by molar-refractivity contribution is -0.385. The highest BCUT2D eigenvalue weighted by molar-refractivity contribution is 6.35. The molecule has 0 atom stereocenters. The van der Waals surface area contributed by atoms with E-state index in [-0.39, 0.29) is 10.7 Å². The first-order chi connectivity index (χ1) is 9.97. The van der Waals surface area contributed by atoms with Crippen molar-refractivity contribution < 1.29 is 4.92 Å². The first-order valence-corrected chi connectivity index (χ1v) is 7.08. The van der Waals surface area contributed by atoms with Gasteiger partial charge in [0.25, 0.3) is 5.69 Å². The SMILES string of the molecule is O=[N+]([O-])c1cnc(NCCc2ccc(Cl)cc2Cl)c(Cl)c1. The maximum atomic E-state index is 10.6. The van der Waals surface area contributed by atoms with Gasteiger partial charge in [0.1, 0.15) is 12.0 Å². The van der Waals surface area contributed by atoms with Crippen LogP contribution in [0.2, 0.25) is 15.1 Å². The molecule has 0 saturated carbocycles. The Bertz CT molecular complexity index is 680. The van der Waals surface area contributed by atoms with Crippen LogP contribution in [-0.2, 0) is 6.42 Å². The lowest BCUT2D eigenvalue weighted by atomic mass is 10.1. The Morgan fingerprint density at radius 3 is 2.57 bits per heavy atom. The molecule has 0 aliphatic rings. The van der Waals surface area contributed by atoms with E-state index in [4.69, 9.17) is 34.8 Å². The van der Waals surface area contributed by atoms with Crippen LogP contribution >= 0.6 is 34.8 Å². The van der Waals surface area contributed by atoms with E-state index < -0.39 is 4.92 Å². The molecule has 0 spiro atoms. The largest absolute Gasteiger partial charge is 0.368 e. The van der Waals surface area contributed by atoms with E-state index in [1.54, 1.807) is 12.1 Å². The first kappa shape index (κ1) is 15.8. The van der Waals surface area contributed by atoms with Gasteiger partial charge in [0.15, 0.2) is 0 Å². The van der Waals surface area contributed by atoms with Crippen LogP contribution in [0.1, 0.15) is 5.56 Å². The Hall–Kier alpha value is -1.56. The summed E-state index contributed by atoms with van der Waals surface area (Å²) in [7, 11) is 0. The molecule has 0 radical (unpaired) electrons. The van der Waals surface area contributed by atoms with E-state index in [1.807, 2.05) is 6.07 Å². The fourth-order valence-corrected chi connectivity index (χ4v) is 2.43. The molecule has 2 rings (SSSR count). The first-order valence-electron chi connectivity index (χ1n) is 5.95. The molecule has 110 valence electrons. The van der Waals surface area contributed by atoms with E-state index in [0.29, 0.717) is 28.8 Å². The van der Waals surface area contributed by atoms with E-state index in [9.17, 15) is 10.1 Å². The molecule has 8 heteroatoms. The third kappa shape index (κ3) is 4.20. The van der Waals surface area contributed by atoms with Gasteiger partial charge in [0.2, 0.25) is 0 Å². The second-order valence-electron chi connectivity index (χ2n) is 4.19. The second-order valence-corrected chi connectivity index (χ2v) is 5.44. The highest BCUT2D eigenvalue weighted by Crippen LogP contribution is 2.24. The molecule has 0 bridgehead atoms. The lowest BCUT2D eigenvalue weighted by Gasteiger charge is -2.08. The van der Waals surface area contributed by atoms with E-state index in [0.717, 1.165) is 11.8 Å². The number of aromatic nitrogens is 1. The van der Waals surface area contributed by atoms with Gasteiger partial charge in [-0.05, 0) is 24.1 Å². The third-order valence-corrected chi connectivity index (χ3v) is 3.61. The number of benzene rings is 1. The molecule has 0 aliphatic carbocycles. The van der Waals surface area contributed by atoms with Crippen molar-refractivity contribution in [3.05, 3.63) is 61.2 Å². The molecule has 1 aromatic carbocycles. The molecule has 1 aromatic heterocycles. The van der Waals surface area contributed by atoms with Gasteiger partial charge in [-0.2, -0.15) is 0 Å². The maximum Gasteiger partial charge on any atom is 0.289 e. The van der Waals surface area contributed by atoms with Crippen LogP contribution in [0.3, 0.4) is 0 Å². The van der Waals surface area contributed by atoms with Crippen LogP contribution < -0.4 is 5.32 Å². The summed E-state index contributed by atoms with van der Waals surface area (Å²) < 4.78 is 0.